The number of urea groups is 1. The predicted octanol–water partition coefficient (Wildman–Crippen LogP) is 7.29. The third-order valence-corrected chi connectivity index (χ3v) is 7.34. The van der Waals surface area contributed by atoms with E-state index in [1.807, 2.05) is 51.1 Å². The summed E-state index contributed by atoms with van der Waals surface area (Å²) in [6, 6.07) is 25.0. The summed E-state index contributed by atoms with van der Waals surface area (Å²) in [5.74, 6) is -0.0218. The maximum Gasteiger partial charge on any atom is 0.335 e. The molecule has 0 radical (unpaired) electrons. The molecule has 9 heteroatoms. The number of imide groups is 2. The number of aryl methyl sites for hydroxylation is 2. The molecule has 0 aliphatic carbocycles. The average molecular weight is 656 g/mol. The highest BCUT2D eigenvalue weighted by molar-refractivity contribution is 9.10. The maximum absolute atomic E-state index is 13.5. The van der Waals surface area contributed by atoms with Gasteiger partial charge in [-0.05, 0) is 95.9 Å². The molecule has 0 bridgehead atoms. The fraction of sp³-hybridized carbons (Fsp3) is 0.171. The van der Waals surface area contributed by atoms with Gasteiger partial charge in [0, 0.05) is 0 Å². The molecular formula is C35H31BrN2O6. The van der Waals surface area contributed by atoms with E-state index in [-0.39, 0.29) is 5.57 Å². The molecule has 1 fully saturated rings. The molecule has 8 nitrogen and oxygen atoms in total. The van der Waals surface area contributed by atoms with Crippen LogP contribution in [0.2, 0.25) is 0 Å². The third kappa shape index (κ3) is 7.18. The molecule has 1 aliphatic rings. The van der Waals surface area contributed by atoms with E-state index in [2.05, 4.69) is 39.4 Å². The number of nitrogens with one attached hydrogen (secondary N) is 1. The van der Waals surface area contributed by atoms with Crippen LogP contribution in [0.25, 0.3) is 6.08 Å². The summed E-state index contributed by atoms with van der Waals surface area (Å²) in [5.41, 5.74) is 4.92. The number of barbiturate groups is 1. The number of anilines is 1. The van der Waals surface area contributed by atoms with Crippen LogP contribution in [-0.4, -0.2) is 24.5 Å². The van der Waals surface area contributed by atoms with E-state index in [9.17, 15) is 14.4 Å². The maximum atomic E-state index is 13.5. The van der Waals surface area contributed by atoms with Gasteiger partial charge in [0.2, 0.25) is 0 Å². The minimum atomic E-state index is -0.832. The normalized spacial score (nSPS) is 14.0. The number of hydrogen-bond acceptors (Lipinski definition) is 6. The van der Waals surface area contributed by atoms with Crippen LogP contribution in [0, 0.1) is 13.8 Å². The summed E-state index contributed by atoms with van der Waals surface area (Å²) < 4.78 is 18.4. The van der Waals surface area contributed by atoms with Gasteiger partial charge in [-0.3, -0.25) is 14.9 Å². The van der Waals surface area contributed by atoms with Gasteiger partial charge in [0.25, 0.3) is 11.8 Å². The Hall–Kier alpha value is -4.89. The number of rotatable bonds is 10. The minimum Gasteiger partial charge on any atom is -0.490 e. The highest BCUT2D eigenvalue weighted by atomic mass is 79.9. The number of carbonyl (C=O) groups excluding carboxylic acids is 3. The lowest BCUT2D eigenvalue weighted by atomic mass is 10.1. The molecule has 5 rings (SSSR count). The molecule has 0 spiro atoms. The van der Waals surface area contributed by atoms with E-state index in [0.717, 1.165) is 27.2 Å². The van der Waals surface area contributed by atoms with Crippen molar-refractivity contribution in [2.24, 2.45) is 0 Å². The Morgan fingerprint density at radius 1 is 0.795 bits per heavy atom. The Kier molecular flexibility index (Phi) is 9.45. The Bertz CT molecular complexity index is 1710. The molecule has 4 aromatic rings. The van der Waals surface area contributed by atoms with Gasteiger partial charge in [0.15, 0.2) is 11.5 Å². The van der Waals surface area contributed by atoms with Crippen molar-refractivity contribution in [1.82, 2.24) is 5.32 Å². The van der Waals surface area contributed by atoms with Crippen molar-refractivity contribution in [3.05, 3.63) is 123 Å². The fourth-order valence-electron chi connectivity index (χ4n) is 4.87. The van der Waals surface area contributed by atoms with E-state index in [1.54, 1.807) is 36.4 Å². The van der Waals surface area contributed by atoms with Crippen LogP contribution in [0.1, 0.15) is 34.7 Å². The van der Waals surface area contributed by atoms with Crippen molar-refractivity contribution >= 4 is 45.5 Å². The smallest absolute Gasteiger partial charge is 0.335 e. The van der Waals surface area contributed by atoms with Crippen molar-refractivity contribution in [3.8, 4) is 17.2 Å². The summed E-state index contributed by atoms with van der Waals surface area (Å²) in [4.78, 5) is 40.0. The highest BCUT2D eigenvalue weighted by Gasteiger charge is 2.37. The van der Waals surface area contributed by atoms with Crippen LogP contribution in [0.5, 0.6) is 17.2 Å². The summed E-state index contributed by atoms with van der Waals surface area (Å²) >= 11 is 3.56. The van der Waals surface area contributed by atoms with Gasteiger partial charge in [-0.15, -0.1) is 0 Å². The van der Waals surface area contributed by atoms with Crippen molar-refractivity contribution in [3.63, 3.8) is 0 Å². The Labute approximate surface area is 264 Å². The molecule has 1 heterocycles. The second-order valence-corrected chi connectivity index (χ2v) is 11.1. The Morgan fingerprint density at radius 2 is 1.48 bits per heavy atom. The van der Waals surface area contributed by atoms with Crippen LogP contribution in [0.3, 0.4) is 0 Å². The third-order valence-electron chi connectivity index (χ3n) is 6.75. The molecule has 1 saturated heterocycles. The summed E-state index contributed by atoms with van der Waals surface area (Å²) in [6.45, 7) is 7.00. The molecule has 1 N–H and O–H groups in total. The van der Waals surface area contributed by atoms with Crippen LogP contribution in [0.4, 0.5) is 10.5 Å². The van der Waals surface area contributed by atoms with Crippen LogP contribution in [-0.2, 0) is 22.8 Å². The topological polar surface area (TPSA) is 94.2 Å². The van der Waals surface area contributed by atoms with Crippen molar-refractivity contribution < 1.29 is 28.6 Å². The standard InChI is InChI=1S/C35H31BrN2O6/c1-4-42-31-19-25(18-30(36)32(31)44-21-26-15-22(2)14-23(3)16-26)17-29-33(39)37-35(41)38(34(29)40)27-10-12-28(13-11-27)43-20-24-8-6-5-7-9-24/h5-19H,4,20-21H2,1-3H3,(H,37,39,41)/b29-17+. The molecule has 44 heavy (non-hydrogen) atoms. The number of amides is 4. The molecule has 0 saturated carbocycles. The zero-order chi connectivity index (χ0) is 31.2. The van der Waals surface area contributed by atoms with Gasteiger partial charge in [-0.25, -0.2) is 9.69 Å². The monoisotopic (exact) mass is 654 g/mol. The first-order valence-electron chi connectivity index (χ1n) is 14.1. The van der Waals surface area contributed by atoms with Crippen molar-refractivity contribution in [2.75, 3.05) is 11.5 Å². The first kappa shape index (κ1) is 30.6. The SMILES string of the molecule is CCOc1cc(/C=C2\C(=O)NC(=O)N(c3ccc(OCc4ccccc4)cc3)C2=O)cc(Br)c1OCc1cc(C)cc(C)c1. The van der Waals surface area contributed by atoms with E-state index < -0.39 is 17.8 Å². The number of nitrogens with zero attached hydrogens (tertiary/aromatic N) is 1. The largest absolute Gasteiger partial charge is 0.490 e. The lowest BCUT2D eigenvalue weighted by molar-refractivity contribution is -0.122. The van der Waals surface area contributed by atoms with Gasteiger partial charge in [-0.2, -0.15) is 0 Å². The number of hydrogen-bond donors (Lipinski definition) is 1. The van der Waals surface area contributed by atoms with Crippen molar-refractivity contribution in [1.29, 1.82) is 0 Å². The first-order chi connectivity index (χ1) is 21.2. The van der Waals surface area contributed by atoms with Gasteiger partial charge in [0.1, 0.15) is 24.5 Å². The van der Waals surface area contributed by atoms with Crippen LogP contribution in [0.15, 0.2) is 95.0 Å². The second-order valence-electron chi connectivity index (χ2n) is 10.3. The van der Waals surface area contributed by atoms with Gasteiger partial charge < -0.3 is 14.2 Å². The molecule has 4 amide bonds. The van der Waals surface area contributed by atoms with Crippen LogP contribution >= 0.6 is 15.9 Å². The second kappa shape index (κ2) is 13.6. The molecule has 4 aromatic carbocycles. The van der Waals surface area contributed by atoms with E-state index in [0.29, 0.717) is 52.8 Å². The lowest BCUT2D eigenvalue weighted by Crippen LogP contribution is -2.54. The number of ether oxygens (including phenoxy) is 3. The first-order valence-corrected chi connectivity index (χ1v) is 14.9. The molecule has 0 atom stereocenters. The molecule has 0 aromatic heterocycles. The Balaban J connectivity index is 1.36. The fourth-order valence-corrected chi connectivity index (χ4v) is 5.45. The quantitative estimate of drug-likeness (QED) is 0.143. The molecule has 0 unspecified atom stereocenters. The molecular weight excluding hydrogens is 624 g/mol. The summed E-state index contributed by atoms with van der Waals surface area (Å²) in [6.07, 6.45) is 1.43. The lowest BCUT2D eigenvalue weighted by Gasteiger charge is -2.26. The van der Waals surface area contributed by atoms with Crippen molar-refractivity contribution in [2.45, 2.75) is 34.0 Å². The van der Waals surface area contributed by atoms with Gasteiger partial charge in [-0.1, -0.05) is 59.7 Å². The van der Waals surface area contributed by atoms with Gasteiger partial charge >= 0.3 is 6.03 Å². The van der Waals surface area contributed by atoms with E-state index in [4.69, 9.17) is 14.2 Å². The minimum absolute atomic E-state index is 0.202. The summed E-state index contributed by atoms with van der Waals surface area (Å²) in [7, 11) is 0. The average Bonchev–Trinajstić information content (AvgIpc) is 2.98. The summed E-state index contributed by atoms with van der Waals surface area (Å²) in [5, 5.41) is 2.26. The predicted molar refractivity (Wildman–Crippen MR) is 172 cm³/mol. The van der Waals surface area contributed by atoms with Gasteiger partial charge in [0.05, 0.1) is 16.8 Å². The highest BCUT2D eigenvalue weighted by Crippen LogP contribution is 2.38. The molecule has 224 valence electrons. The number of benzene rings is 4. The Morgan fingerprint density at radius 3 is 2.16 bits per heavy atom. The number of carbonyl (C=O) groups is 3. The molecule has 1 aliphatic heterocycles. The van der Waals surface area contributed by atoms with E-state index in [1.165, 1.54) is 6.08 Å². The van der Waals surface area contributed by atoms with E-state index >= 15 is 0 Å². The van der Waals surface area contributed by atoms with Crippen LogP contribution < -0.4 is 24.4 Å². The number of halogens is 1. The zero-order valence-corrected chi connectivity index (χ0v) is 26.1. The zero-order valence-electron chi connectivity index (χ0n) is 24.6.